The van der Waals surface area contributed by atoms with Crippen molar-refractivity contribution >= 4 is 10.8 Å². The molecule has 1 aliphatic heterocycles. The summed E-state index contributed by atoms with van der Waals surface area (Å²) >= 11 is 0. The third-order valence-electron chi connectivity index (χ3n) is 5.02. The summed E-state index contributed by atoms with van der Waals surface area (Å²) in [6, 6.07) is 14.7. The Bertz CT molecular complexity index is 644. The quantitative estimate of drug-likeness (QED) is 0.719. The van der Waals surface area contributed by atoms with Crippen molar-refractivity contribution in [3.8, 4) is 5.75 Å². The highest BCUT2D eigenvalue weighted by molar-refractivity contribution is 5.83. The molecule has 2 aromatic rings. The molecular formula is C20H28NO3+. The van der Waals surface area contributed by atoms with Crippen molar-refractivity contribution in [2.24, 2.45) is 0 Å². The molecule has 0 aromatic heterocycles. The van der Waals surface area contributed by atoms with Crippen LogP contribution in [0, 0.1) is 0 Å². The molecule has 0 bridgehead atoms. The molecule has 0 aliphatic carbocycles. The topological polar surface area (TPSA) is 54.1 Å². The minimum Gasteiger partial charge on any atom is -0.491 e. The second-order valence-electron chi connectivity index (χ2n) is 6.79. The first kappa shape index (κ1) is 17.2. The van der Waals surface area contributed by atoms with E-state index in [0.717, 1.165) is 30.5 Å². The number of aliphatic hydroxyl groups is 2. The Labute approximate surface area is 143 Å². The van der Waals surface area contributed by atoms with Crippen LogP contribution in [0.2, 0.25) is 0 Å². The minimum atomic E-state index is -0.481. The van der Waals surface area contributed by atoms with E-state index in [9.17, 15) is 10.2 Å². The van der Waals surface area contributed by atoms with Crippen LogP contribution in [0.3, 0.4) is 0 Å². The van der Waals surface area contributed by atoms with Gasteiger partial charge in [0.2, 0.25) is 0 Å². The van der Waals surface area contributed by atoms with Gasteiger partial charge in [-0.3, -0.25) is 0 Å². The SMILES string of the molecule is OCC[C@H]1CCCC[NH+]1C[C@H](O)COc1ccc2ccccc2c1. The van der Waals surface area contributed by atoms with Crippen molar-refractivity contribution in [1.82, 2.24) is 0 Å². The number of fused-ring (bicyclic) bond motifs is 1. The number of likely N-dealkylation sites (tertiary alicyclic amines) is 1. The molecule has 2 aromatic carbocycles. The zero-order chi connectivity index (χ0) is 16.8. The Hall–Kier alpha value is -1.62. The van der Waals surface area contributed by atoms with Crippen LogP contribution in [0.25, 0.3) is 10.8 Å². The fourth-order valence-electron chi connectivity index (χ4n) is 3.74. The van der Waals surface area contributed by atoms with Crippen LogP contribution in [-0.2, 0) is 0 Å². The van der Waals surface area contributed by atoms with Crippen molar-refractivity contribution in [2.45, 2.75) is 37.8 Å². The lowest BCUT2D eigenvalue weighted by Gasteiger charge is -2.33. The van der Waals surface area contributed by atoms with Crippen LogP contribution in [0.5, 0.6) is 5.75 Å². The predicted molar refractivity (Wildman–Crippen MR) is 95.5 cm³/mol. The van der Waals surface area contributed by atoms with Crippen LogP contribution in [-0.4, -0.2) is 48.7 Å². The first-order chi connectivity index (χ1) is 11.8. The van der Waals surface area contributed by atoms with Gasteiger partial charge in [0, 0.05) is 13.0 Å². The Balaban J connectivity index is 1.53. The second-order valence-corrected chi connectivity index (χ2v) is 6.79. The molecule has 1 unspecified atom stereocenters. The lowest BCUT2D eigenvalue weighted by atomic mass is 9.99. The summed E-state index contributed by atoms with van der Waals surface area (Å²) in [6.45, 7) is 2.32. The monoisotopic (exact) mass is 330 g/mol. The molecule has 3 rings (SSSR count). The summed E-state index contributed by atoms with van der Waals surface area (Å²) in [4.78, 5) is 1.41. The highest BCUT2D eigenvalue weighted by atomic mass is 16.5. The van der Waals surface area contributed by atoms with E-state index >= 15 is 0 Å². The molecule has 0 amide bonds. The van der Waals surface area contributed by atoms with Crippen LogP contribution in [0.15, 0.2) is 42.5 Å². The van der Waals surface area contributed by atoms with Gasteiger partial charge in [0.25, 0.3) is 0 Å². The fourth-order valence-corrected chi connectivity index (χ4v) is 3.74. The molecule has 1 fully saturated rings. The number of aliphatic hydroxyl groups excluding tert-OH is 2. The van der Waals surface area contributed by atoms with Gasteiger partial charge in [0.05, 0.1) is 12.6 Å². The molecule has 0 radical (unpaired) electrons. The first-order valence-corrected chi connectivity index (χ1v) is 9.01. The van der Waals surface area contributed by atoms with Gasteiger partial charge in [-0.25, -0.2) is 0 Å². The number of quaternary nitrogens is 1. The summed E-state index contributed by atoms with van der Waals surface area (Å²) in [5.74, 6) is 0.799. The summed E-state index contributed by atoms with van der Waals surface area (Å²) < 4.78 is 5.80. The number of hydrogen-bond acceptors (Lipinski definition) is 3. The molecule has 130 valence electrons. The van der Waals surface area contributed by atoms with Gasteiger partial charge in [-0.15, -0.1) is 0 Å². The summed E-state index contributed by atoms with van der Waals surface area (Å²) in [7, 11) is 0. The maximum absolute atomic E-state index is 10.4. The van der Waals surface area contributed by atoms with E-state index in [0.29, 0.717) is 19.2 Å². The lowest BCUT2D eigenvalue weighted by Crippen LogP contribution is -3.17. The predicted octanol–water partition coefficient (Wildman–Crippen LogP) is 1.40. The van der Waals surface area contributed by atoms with E-state index in [-0.39, 0.29) is 6.61 Å². The van der Waals surface area contributed by atoms with Gasteiger partial charge >= 0.3 is 0 Å². The molecule has 3 atom stereocenters. The average molecular weight is 330 g/mol. The number of nitrogens with one attached hydrogen (secondary N) is 1. The fraction of sp³-hybridized carbons (Fsp3) is 0.500. The summed E-state index contributed by atoms with van der Waals surface area (Å²) in [5, 5.41) is 21.9. The van der Waals surface area contributed by atoms with E-state index in [1.165, 1.54) is 23.1 Å². The average Bonchev–Trinajstić information content (AvgIpc) is 2.62. The van der Waals surface area contributed by atoms with Gasteiger partial charge in [-0.05, 0) is 42.2 Å². The van der Waals surface area contributed by atoms with Crippen molar-refractivity contribution in [3.63, 3.8) is 0 Å². The van der Waals surface area contributed by atoms with E-state index in [1.807, 2.05) is 30.3 Å². The highest BCUT2D eigenvalue weighted by Crippen LogP contribution is 2.20. The third kappa shape index (κ3) is 4.47. The van der Waals surface area contributed by atoms with Gasteiger partial charge < -0.3 is 19.8 Å². The Kier molecular flexibility index (Phi) is 6.07. The maximum atomic E-state index is 10.4. The van der Waals surface area contributed by atoms with E-state index in [2.05, 4.69) is 12.1 Å². The normalized spacial score (nSPS) is 22.4. The van der Waals surface area contributed by atoms with E-state index in [4.69, 9.17) is 4.74 Å². The van der Waals surface area contributed by atoms with Crippen molar-refractivity contribution < 1.29 is 19.8 Å². The smallest absolute Gasteiger partial charge is 0.137 e. The number of rotatable bonds is 7. The Morgan fingerprint density at radius 2 is 1.96 bits per heavy atom. The largest absolute Gasteiger partial charge is 0.491 e. The zero-order valence-corrected chi connectivity index (χ0v) is 14.2. The number of hydrogen-bond donors (Lipinski definition) is 3. The van der Waals surface area contributed by atoms with Crippen molar-refractivity contribution in [2.75, 3.05) is 26.3 Å². The maximum Gasteiger partial charge on any atom is 0.137 e. The van der Waals surface area contributed by atoms with E-state index < -0.39 is 6.10 Å². The van der Waals surface area contributed by atoms with Crippen molar-refractivity contribution in [3.05, 3.63) is 42.5 Å². The summed E-state index contributed by atoms with van der Waals surface area (Å²) in [6.07, 6.45) is 3.93. The molecule has 1 saturated heterocycles. The van der Waals surface area contributed by atoms with E-state index in [1.54, 1.807) is 0 Å². The van der Waals surface area contributed by atoms with Crippen LogP contribution >= 0.6 is 0 Å². The van der Waals surface area contributed by atoms with Crippen LogP contribution in [0.4, 0.5) is 0 Å². The number of ether oxygens (including phenoxy) is 1. The van der Waals surface area contributed by atoms with Gasteiger partial charge in [-0.1, -0.05) is 30.3 Å². The van der Waals surface area contributed by atoms with Gasteiger partial charge in [-0.2, -0.15) is 0 Å². The van der Waals surface area contributed by atoms with Crippen LogP contribution < -0.4 is 9.64 Å². The number of piperidine rings is 1. The van der Waals surface area contributed by atoms with Gasteiger partial charge in [0.1, 0.15) is 25.0 Å². The minimum absolute atomic E-state index is 0.234. The standard InChI is InChI=1S/C20H27NO3/c22-12-10-18-7-3-4-11-21(18)14-19(23)15-24-20-9-8-16-5-1-2-6-17(16)13-20/h1-2,5-6,8-9,13,18-19,22-23H,3-4,7,10-12,14-15H2/p+1/t18-,19+/m1/s1. The molecule has 4 heteroatoms. The molecule has 1 aliphatic rings. The molecule has 1 heterocycles. The number of benzene rings is 2. The third-order valence-corrected chi connectivity index (χ3v) is 5.02. The molecular weight excluding hydrogens is 302 g/mol. The van der Waals surface area contributed by atoms with Gasteiger partial charge in [0.15, 0.2) is 0 Å². The molecule has 4 nitrogen and oxygen atoms in total. The zero-order valence-electron chi connectivity index (χ0n) is 14.2. The Morgan fingerprint density at radius 3 is 2.79 bits per heavy atom. The first-order valence-electron chi connectivity index (χ1n) is 9.01. The molecule has 24 heavy (non-hydrogen) atoms. The lowest BCUT2D eigenvalue weighted by molar-refractivity contribution is -0.933. The molecule has 0 saturated carbocycles. The summed E-state index contributed by atoms with van der Waals surface area (Å²) in [5.41, 5.74) is 0. The molecule has 3 N–H and O–H groups in total. The second kappa shape index (κ2) is 8.47. The van der Waals surface area contributed by atoms with Crippen molar-refractivity contribution in [1.29, 1.82) is 0 Å². The molecule has 0 spiro atoms. The highest BCUT2D eigenvalue weighted by Gasteiger charge is 2.27. The Morgan fingerprint density at radius 1 is 1.12 bits per heavy atom. The van der Waals surface area contributed by atoms with Crippen LogP contribution in [0.1, 0.15) is 25.7 Å².